The number of carbonyl (C=O) groups is 1. The summed E-state index contributed by atoms with van der Waals surface area (Å²) in [4.78, 5) is 14.6. The average Bonchev–Trinajstić information content (AvgIpc) is 3.07. The van der Waals surface area contributed by atoms with Crippen LogP contribution in [0.15, 0.2) is 30.6 Å². The van der Waals surface area contributed by atoms with Gasteiger partial charge in [-0.15, -0.1) is 24.8 Å². The van der Waals surface area contributed by atoms with E-state index in [2.05, 4.69) is 20.6 Å². The van der Waals surface area contributed by atoms with Crippen molar-refractivity contribution in [3.05, 3.63) is 41.7 Å². The third-order valence-electron chi connectivity index (χ3n) is 4.10. The number of ether oxygens (including phenoxy) is 2. The Kier molecular flexibility index (Phi) is 12.4. The van der Waals surface area contributed by atoms with Crippen molar-refractivity contribution in [3.8, 4) is 11.5 Å². The Hall–Kier alpha value is -2.00. The summed E-state index contributed by atoms with van der Waals surface area (Å²) in [5.74, 6) is 1.23. The SMILES string of the molecule is CNC(C(=O)NCc1ccc(OCCN(C)C)c(OC)c1)c1cnn(C)c1.Cl.Cl. The largest absolute Gasteiger partial charge is 0.493 e. The molecular formula is C19H31Cl2N5O3. The molecule has 1 aromatic carbocycles. The van der Waals surface area contributed by atoms with Crippen LogP contribution >= 0.6 is 24.8 Å². The van der Waals surface area contributed by atoms with E-state index in [1.165, 1.54) is 0 Å². The molecule has 0 aliphatic carbocycles. The van der Waals surface area contributed by atoms with Gasteiger partial charge in [-0.1, -0.05) is 6.07 Å². The van der Waals surface area contributed by atoms with Gasteiger partial charge in [0.2, 0.25) is 5.91 Å². The van der Waals surface area contributed by atoms with Gasteiger partial charge in [0, 0.05) is 31.9 Å². The Balaban J connectivity index is 0.00000392. The third-order valence-corrected chi connectivity index (χ3v) is 4.10. The Morgan fingerprint density at radius 3 is 2.55 bits per heavy atom. The molecule has 0 saturated carbocycles. The molecule has 8 nitrogen and oxygen atoms in total. The summed E-state index contributed by atoms with van der Waals surface area (Å²) >= 11 is 0. The van der Waals surface area contributed by atoms with E-state index < -0.39 is 6.04 Å². The Labute approximate surface area is 184 Å². The van der Waals surface area contributed by atoms with Crippen LogP contribution in [-0.2, 0) is 18.4 Å². The Bertz CT molecular complexity index is 755. The van der Waals surface area contributed by atoms with Crippen molar-refractivity contribution in [2.24, 2.45) is 7.05 Å². The predicted molar refractivity (Wildman–Crippen MR) is 118 cm³/mol. The summed E-state index contributed by atoms with van der Waals surface area (Å²) in [6.07, 6.45) is 3.51. The van der Waals surface area contributed by atoms with Gasteiger partial charge in [0.15, 0.2) is 11.5 Å². The summed E-state index contributed by atoms with van der Waals surface area (Å²) in [6, 6.07) is 5.22. The minimum Gasteiger partial charge on any atom is -0.493 e. The van der Waals surface area contributed by atoms with E-state index >= 15 is 0 Å². The number of halogens is 2. The molecule has 0 radical (unpaired) electrons. The van der Waals surface area contributed by atoms with E-state index in [0.717, 1.165) is 17.7 Å². The molecule has 2 N–H and O–H groups in total. The number of benzene rings is 1. The van der Waals surface area contributed by atoms with Crippen LogP contribution in [-0.4, -0.2) is 62.0 Å². The standard InChI is InChI=1S/C19H29N5O3.2ClH/c1-20-18(15-12-22-24(4)13-15)19(25)21-11-14-6-7-16(17(10-14)26-5)27-9-8-23(2)3;;/h6-7,10,12-13,18,20H,8-9,11H2,1-5H3,(H,21,25);2*1H. The van der Waals surface area contributed by atoms with Crippen LogP contribution in [0.1, 0.15) is 17.2 Å². The van der Waals surface area contributed by atoms with Crippen LogP contribution in [0.5, 0.6) is 11.5 Å². The average molecular weight is 448 g/mol. The fraction of sp³-hybridized carbons (Fsp3) is 0.474. The van der Waals surface area contributed by atoms with E-state index in [0.29, 0.717) is 24.7 Å². The summed E-state index contributed by atoms with van der Waals surface area (Å²) in [7, 11) is 9.17. The number of methoxy groups -OCH3 is 1. The first-order valence-electron chi connectivity index (χ1n) is 8.82. The highest BCUT2D eigenvalue weighted by Gasteiger charge is 2.19. The predicted octanol–water partition coefficient (Wildman–Crippen LogP) is 1.79. The van der Waals surface area contributed by atoms with Crippen molar-refractivity contribution in [1.82, 2.24) is 25.3 Å². The monoisotopic (exact) mass is 447 g/mol. The van der Waals surface area contributed by atoms with Crippen LogP contribution < -0.4 is 20.1 Å². The second kappa shape index (κ2) is 13.3. The van der Waals surface area contributed by atoms with Gasteiger partial charge in [0.05, 0.1) is 13.3 Å². The normalized spacial score (nSPS) is 11.2. The van der Waals surface area contributed by atoms with Gasteiger partial charge in [-0.05, 0) is 38.8 Å². The molecule has 2 aromatic rings. The van der Waals surface area contributed by atoms with E-state index in [1.807, 2.05) is 45.5 Å². The lowest BCUT2D eigenvalue weighted by Gasteiger charge is -2.16. The van der Waals surface area contributed by atoms with Crippen LogP contribution in [0, 0.1) is 0 Å². The molecule has 0 aliphatic rings. The number of nitrogens with zero attached hydrogens (tertiary/aromatic N) is 3. The first-order chi connectivity index (χ1) is 12.9. The number of hydrogen-bond acceptors (Lipinski definition) is 6. The number of carbonyl (C=O) groups excluding carboxylic acids is 1. The number of hydrogen-bond donors (Lipinski definition) is 2. The molecule has 0 spiro atoms. The van der Waals surface area contributed by atoms with Gasteiger partial charge in [0.25, 0.3) is 0 Å². The molecule has 164 valence electrons. The maximum Gasteiger partial charge on any atom is 0.242 e. The summed E-state index contributed by atoms with van der Waals surface area (Å²) in [6.45, 7) is 1.79. The number of aryl methyl sites for hydroxylation is 1. The van der Waals surface area contributed by atoms with Crippen LogP contribution in [0.2, 0.25) is 0 Å². The molecule has 2 rings (SSSR count). The molecule has 0 saturated heterocycles. The number of nitrogens with one attached hydrogen (secondary N) is 2. The summed E-state index contributed by atoms with van der Waals surface area (Å²) in [5.41, 5.74) is 1.75. The van der Waals surface area contributed by atoms with Crippen molar-refractivity contribution in [2.75, 3.05) is 41.4 Å². The number of rotatable bonds is 10. The highest BCUT2D eigenvalue weighted by Crippen LogP contribution is 2.28. The second-order valence-corrected chi connectivity index (χ2v) is 6.52. The number of likely N-dealkylation sites (N-methyl/N-ethyl adjacent to an activating group) is 2. The van der Waals surface area contributed by atoms with Gasteiger partial charge in [0.1, 0.15) is 12.6 Å². The number of aromatic nitrogens is 2. The quantitative estimate of drug-likeness (QED) is 0.577. The van der Waals surface area contributed by atoms with E-state index in [9.17, 15) is 4.79 Å². The van der Waals surface area contributed by atoms with E-state index in [-0.39, 0.29) is 30.7 Å². The first-order valence-corrected chi connectivity index (χ1v) is 8.82. The molecule has 29 heavy (non-hydrogen) atoms. The van der Waals surface area contributed by atoms with Crippen LogP contribution in [0.25, 0.3) is 0 Å². The van der Waals surface area contributed by atoms with Crippen LogP contribution in [0.3, 0.4) is 0 Å². The molecule has 1 atom stereocenters. The van der Waals surface area contributed by atoms with Crippen molar-refractivity contribution in [3.63, 3.8) is 0 Å². The van der Waals surface area contributed by atoms with Crippen molar-refractivity contribution in [1.29, 1.82) is 0 Å². The fourth-order valence-electron chi connectivity index (χ4n) is 2.61. The molecule has 10 heteroatoms. The smallest absolute Gasteiger partial charge is 0.242 e. The fourth-order valence-corrected chi connectivity index (χ4v) is 2.61. The molecule has 1 unspecified atom stereocenters. The van der Waals surface area contributed by atoms with Gasteiger partial charge < -0.3 is 25.0 Å². The van der Waals surface area contributed by atoms with Crippen molar-refractivity contribution < 1.29 is 14.3 Å². The maximum absolute atomic E-state index is 12.5. The third kappa shape index (κ3) is 8.10. The topological polar surface area (TPSA) is 80.7 Å². The molecule has 0 aliphatic heterocycles. The van der Waals surface area contributed by atoms with Gasteiger partial charge in [-0.3, -0.25) is 9.48 Å². The molecule has 1 amide bonds. The molecular weight excluding hydrogens is 417 g/mol. The van der Waals surface area contributed by atoms with Crippen molar-refractivity contribution in [2.45, 2.75) is 12.6 Å². The second-order valence-electron chi connectivity index (χ2n) is 6.52. The van der Waals surface area contributed by atoms with E-state index in [1.54, 1.807) is 25.0 Å². The highest BCUT2D eigenvalue weighted by atomic mass is 35.5. The van der Waals surface area contributed by atoms with Gasteiger partial charge in [-0.2, -0.15) is 5.10 Å². The lowest BCUT2D eigenvalue weighted by atomic mass is 10.1. The zero-order valence-corrected chi connectivity index (χ0v) is 19.1. The van der Waals surface area contributed by atoms with Crippen LogP contribution in [0.4, 0.5) is 0 Å². The molecule has 0 bridgehead atoms. The maximum atomic E-state index is 12.5. The van der Waals surface area contributed by atoms with Crippen molar-refractivity contribution >= 4 is 30.7 Å². The highest BCUT2D eigenvalue weighted by molar-refractivity contribution is 5.85. The molecule has 1 heterocycles. The lowest BCUT2D eigenvalue weighted by molar-refractivity contribution is -0.123. The zero-order valence-electron chi connectivity index (χ0n) is 17.5. The summed E-state index contributed by atoms with van der Waals surface area (Å²) < 4.78 is 12.9. The minimum atomic E-state index is -0.450. The van der Waals surface area contributed by atoms with Gasteiger partial charge >= 0.3 is 0 Å². The lowest BCUT2D eigenvalue weighted by Crippen LogP contribution is -2.35. The summed E-state index contributed by atoms with van der Waals surface area (Å²) in [5, 5.41) is 10.1. The molecule has 1 aromatic heterocycles. The molecule has 0 fully saturated rings. The number of amides is 1. The Morgan fingerprint density at radius 2 is 2.00 bits per heavy atom. The Morgan fingerprint density at radius 1 is 1.28 bits per heavy atom. The zero-order chi connectivity index (χ0) is 19.8. The first kappa shape index (κ1) is 27.0. The van der Waals surface area contributed by atoms with Gasteiger partial charge in [-0.25, -0.2) is 0 Å². The van der Waals surface area contributed by atoms with E-state index in [4.69, 9.17) is 9.47 Å². The minimum absolute atomic E-state index is 0.